The summed E-state index contributed by atoms with van der Waals surface area (Å²) in [4.78, 5) is 29.6. The van der Waals surface area contributed by atoms with Gasteiger partial charge in [0.15, 0.2) is 0 Å². The highest BCUT2D eigenvalue weighted by Crippen LogP contribution is 2.31. The Balaban J connectivity index is 1.90. The Labute approximate surface area is 144 Å². The molecule has 1 aliphatic heterocycles. The first-order chi connectivity index (χ1) is 11.6. The predicted octanol–water partition coefficient (Wildman–Crippen LogP) is 3.02. The van der Waals surface area contributed by atoms with E-state index in [9.17, 15) is 9.59 Å². The number of carboxylic acid groups (broad SMARTS) is 1. The summed E-state index contributed by atoms with van der Waals surface area (Å²) in [6, 6.07) is 11.1. The fraction of sp³-hybridized carbons (Fsp3) is 0.278. The first-order valence-electron chi connectivity index (χ1n) is 7.71. The van der Waals surface area contributed by atoms with Gasteiger partial charge in [0.2, 0.25) is 0 Å². The Kier molecular flexibility index (Phi) is 4.85. The second-order valence-corrected chi connectivity index (χ2v) is 6.88. The third-order valence-corrected chi connectivity index (χ3v) is 5.10. The van der Waals surface area contributed by atoms with Crippen LogP contribution in [0.5, 0.6) is 0 Å². The van der Waals surface area contributed by atoms with Crippen LogP contribution in [0.1, 0.15) is 38.0 Å². The average Bonchev–Trinajstić information content (AvgIpc) is 2.62. The molecule has 1 amide bonds. The Morgan fingerprint density at radius 3 is 2.71 bits per heavy atom. The van der Waals surface area contributed by atoms with Crippen molar-refractivity contribution in [2.45, 2.75) is 13.0 Å². The van der Waals surface area contributed by atoms with Gasteiger partial charge in [0, 0.05) is 29.8 Å². The molecule has 1 aliphatic rings. The van der Waals surface area contributed by atoms with Crippen LogP contribution in [0, 0.1) is 6.92 Å². The van der Waals surface area contributed by atoms with Crippen LogP contribution in [-0.4, -0.2) is 44.9 Å². The number of rotatable bonds is 3. The average molecular weight is 342 g/mol. The van der Waals surface area contributed by atoms with Gasteiger partial charge < -0.3 is 10.0 Å². The van der Waals surface area contributed by atoms with E-state index in [1.807, 2.05) is 35.7 Å². The number of carbonyl (C=O) groups excluding carboxylic acids is 1. The summed E-state index contributed by atoms with van der Waals surface area (Å²) >= 11 is 1.83. The maximum atomic E-state index is 12.9. The molecular formula is C18H18N2O3S. The number of carbonyl (C=O) groups is 2. The number of benzene rings is 1. The van der Waals surface area contributed by atoms with E-state index in [4.69, 9.17) is 5.11 Å². The lowest BCUT2D eigenvalue weighted by Crippen LogP contribution is -2.40. The van der Waals surface area contributed by atoms with Crippen molar-refractivity contribution in [3.05, 3.63) is 65.0 Å². The lowest BCUT2D eigenvalue weighted by atomic mass is 10.0. The lowest BCUT2D eigenvalue weighted by molar-refractivity contribution is 0.0690. The molecule has 1 N–H and O–H groups in total. The van der Waals surface area contributed by atoms with Crippen molar-refractivity contribution in [1.82, 2.24) is 9.88 Å². The van der Waals surface area contributed by atoms with Crippen LogP contribution in [0.15, 0.2) is 42.6 Å². The van der Waals surface area contributed by atoms with Crippen LogP contribution in [-0.2, 0) is 0 Å². The van der Waals surface area contributed by atoms with Gasteiger partial charge in [-0.1, -0.05) is 29.8 Å². The van der Waals surface area contributed by atoms with Crippen molar-refractivity contribution >= 4 is 23.6 Å². The van der Waals surface area contributed by atoms with Gasteiger partial charge in [0.1, 0.15) is 5.69 Å². The maximum Gasteiger partial charge on any atom is 0.354 e. The van der Waals surface area contributed by atoms with E-state index in [0.29, 0.717) is 12.1 Å². The molecule has 0 bridgehead atoms. The number of amides is 1. The minimum atomic E-state index is -1.13. The first-order valence-corrected chi connectivity index (χ1v) is 8.86. The van der Waals surface area contributed by atoms with Crippen molar-refractivity contribution in [2.24, 2.45) is 0 Å². The normalized spacial score (nSPS) is 17.5. The zero-order valence-corrected chi connectivity index (χ0v) is 14.1. The molecule has 1 aromatic heterocycles. The molecule has 3 rings (SSSR count). The van der Waals surface area contributed by atoms with Crippen molar-refractivity contribution in [1.29, 1.82) is 0 Å². The SMILES string of the molecule is Cc1ccc(C2CSCCN2C(=O)c2ccnc(C(=O)O)c2)cc1. The van der Waals surface area contributed by atoms with E-state index in [2.05, 4.69) is 17.1 Å². The van der Waals surface area contributed by atoms with Crippen LogP contribution >= 0.6 is 11.8 Å². The van der Waals surface area contributed by atoms with E-state index in [0.717, 1.165) is 17.1 Å². The molecule has 5 nitrogen and oxygen atoms in total. The van der Waals surface area contributed by atoms with Gasteiger partial charge in [-0.3, -0.25) is 4.79 Å². The molecule has 0 saturated carbocycles. The highest BCUT2D eigenvalue weighted by atomic mass is 32.2. The van der Waals surface area contributed by atoms with Crippen molar-refractivity contribution in [3.8, 4) is 0 Å². The Morgan fingerprint density at radius 2 is 2.00 bits per heavy atom. The fourth-order valence-corrected chi connectivity index (χ4v) is 3.85. The summed E-state index contributed by atoms with van der Waals surface area (Å²) in [5.41, 5.74) is 2.54. The Hall–Kier alpha value is -2.34. The molecule has 1 unspecified atom stereocenters. The van der Waals surface area contributed by atoms with E-state index in [1.165, 1.54) is 17.8 Å². The first kappa shape index (κ1) is 16.5. The van der Waals surface area contributed by atoms with Crippen molar-refractivity contribution in [3.63, 3.8) is 0 Å². The molecule has 1 aromatic carbocycles. The monoisotopic (exact) mass is 342 g/mol. The molecule has 0 spiro atoms. The van der Waals surface area contributed by atoms with E-state index in [1.54, 1.807) is 6.07 Å². The minimum absolute atomic E-state index is 0.00158. The number of aryl methyl sites for hydroxylation is 1. The molecule has 124 valence electrons. The maximum absolute atomic E-state index is 12.9. The Bertz CT molecular complexity index is 761. The van der Waals surface area contributed by atoms with Gasteiger partial charge in [-0.25, -0.2) is 9.78 Å². The fourth-order valence-electron chi connectivity index (χ4n) is 2.76. The van der Waals surface area contributed by atoms with Gasteiger partial charge in [-0.05, 0) is 24.6 Å². The largest absolute Gasteiger partial charge is 0.477 e. The summed E-state index contributed by atoms with van der Waals surface area (Å²) in [6.07, 6.45) is 1.37. The number of aromatic nitrogens is 1. The number of carboxylic acids is 1. The number of nitrogens with zero attached hydrogens (tertiary/aromatic N) is 2. The molecule has 1 fully saturated rings. The quantitative estimate of drug-likeness (QED) is 0.928. The van der Waals surface area contributed by atoms with Crippen LogP contribution in [0.2, 0.25) is 0 Å². The van der Waals surface area contributed by atoms with Gasteiger partial charge in [-0.2, -0.15) is 11.8 Å². The summed E-state index contributed by atoms with van der Waals surface area (Å²) in [5, 5.41) is 9.07. The lowest BCUT2D eigenvalue weighted by Gasteiger charge is -2.36. The smallest absolute Gasteiger partial charge is 0.354 e. The summed E-state index contributed by atoms with van der Waals surface area (Å²) in [7, 11) is 0. The molecule has 24 heavy (non-hydrogen) atoms. The minimum Gasteiger partial charge on any atom is -0.477 e. The zero-order valence-electron chi connectivity index (χ0n) is 13.3. The van der Waals surface area contributed by atoms with Crippen molar-refractivity contribution in [2.75, 3.05) is 18.1 Å². The summed E-state index contributed by atoms with van der Waals surface area (Å²) < 4.78 is 0. The van der Waals surface area contributed by atoms with Crippen LogP contribution in [0.25, 0.3) is 0 Å². The van der Waals surface area contributed by atoms with Gasteiger partial charge >= 0.3 is 5.97 Å². The van der Waals surface area contributed by atoms with Gasteiger partial charge in [-0.15, -0.1) is 0 Å². The second kappa shape index (κ2) is 7.05. The standard InChI is InChI=1S/C18H18N2O3S/c1-12-2-4-13(5-3-12)16-11-24-9-8-20(16)17(21)14-6-7-19-15(10-14)18(22)23/h2-7,10,16H,8-9,11H2,1H3,(H,22,23). The topological polar surface area (TPSA) is 70.5 Å². The van der Waals surface area contributed by atoms with E-state index < -0.39 is 5.97 Å². The number of hydrogen-bond acceptors (Lipinski definition) is 4. The Morgan fingerprint density at radius 1 is 1.25 bits per heavy atom. The predicted molar refractivity (Wildman–Crippen MR) is 93.5 cm³/mol. The molecule has 0 aliphatic carbocycles. The molecule has 0 radical (unpaired) electrons. The van der Waals surface area contributed by atoms with Crippen LogP contribution in [0.3, 0.4) is 0 Å². The summed E-state index contributed by atoms with van der Waals surface area (Å²) in [5.74, 6) is 0.441. The van der Waals surface area contributed by atoms with Crippen LogP contribution in [0.4, 0.5) is 0 Å². The zero-order chi connectivity index (χ0) is 17.1. The molecule has 2 heterocycles. The second-order valence-electron chi connectivity index (χ2n) is 5.73. The highest BCUT2D eigenvalue weighted by Gasteiger charge is 2.29. The van der Waals surface area contributed by atoms with E-state index >= 15 is 0 Å². The third kappa shape index (κ3) is 3.43. The van der Waals surface area contributed by atoms with Crippen LogP contribution < -0.4 is 0 Å². The molecular weight excluding hydrogens is 324 g/mol. The molecule has 2 aromatic rings. The molecule has 1 atom stereocenters. The number of aromatic carboxylic acids is 1. The highest BCUT2D eigenvalue weighted by molar-refractivity contribution is 7.99. The number of thioether (sulfide) groups is 1. The summed E-state index contributed by atoms with van der Waals surface area (Å²) in [6.45, 7) is 2.68. The molecule has 1 saturated heterocycles. The van der Waals surface area contributed by atoms with Gasteiger partial charge in [0.25, 0.3) is 5.91 Å². The number of hydrogen-bond donors (Lipinski definition) is 1. The van der Waals surface area contributed by atoms with Gasteiger partial charge in [0.05, 0.1) is 6.04 Å². The van der Waals surface area contributed by atoms with Crippen molar-refractivity contribution < 1.29 is 14.7 Å². The number of pyridine rings is 1. The third-order valence-electron chi connectivity index (χ3n) is 4.08. The van der Waals surface area contributed by atoms with E-state index in [-0.39, 0.29) is 17.6 Å². The molecule has 6 heteroatoms.